The van der Waals surface area contributed by atoms with Gasteiger partial charge in [-0.1, -0.05) is 11.6 Å². The Kier molecular flexibility index (Phi) is 4.27. The Labute approximate surface area is 133 Å². The molecule has 2 heterocycles. The number of likely N-dealkylation sites (N-methyl/N-ethyl adjacent to an activating group) is 1. The molecular formula is C16H17ClN4O. The molecule has 1 atom stereocenters. The molecule has 5 nitrogen and oxygen atoms in total. The van der Waals surface area contributed by atoms with Crippen LogP contribution in [0.1, 0.15) is 11.8 Å². The van der Waals surface area contributed by atoms with E-state index in [1.165, 1.54) is 0 Å². The predicted octanol–water partition coefficient (Wildman–Crippen LogP) is 3.59. The summed E-state index contributed by atoms with van der Waals surface area (Å²) in [5.41, 5.74) is 0.824. The van der Waals surface area contributed by atoms with Gasteiger partial charge in [0.2, 0.25) is 0 Å². The van der Waals surface area contributed by atoms with E-state index >= 15 is 0 Å². The Balaban J connectivity index is 1.84. The zero-order valence-corrected chi connectivity index (χ0v) is 13.2. The molecule has 0 saturated carbocycles. The van der Waals surface area contributed by atoms with Gasteiger partial charge in [0.15, 0.2) is 0 Å². The number of nitrogens with one attached hydrogen (secondary N) is 1. The highest BCUT2D eigenvalue weighted by Gasteiger charge is 2.17. The third-order valence-electron chi connectivity index (χ3n) is 3.56. The van der Waals surface area contributed by atoms with Crippen LogP contribution in [-0.2, 0) is 0 Å². The minimum atomic E-state index is 0.118. The quantitative estimate of drug-likeness (QED) is 0.779. The van der Waals surface area contributed by atoms with E-state index in [2.05, 4.69) is 20.2 Å². The molecule has 2 aromatic heterocycles. The second-order valence-corrected chi connectivity index (χ2v) is 5.70. The Bertz CT molecular complexity index is 758. The van der Waals surface area contributed by atoms with Crippen molar-refractivity contribution in [1.29, 1.82) is 0 Å². The summed E-state index contributed by atoms with van der Waals surface area (Å²) in [5.74, 6) is 1.71. The third-order valence-corrected chi connectivity index (χ3v) is 3.79. The van der Waals surface area contributed by atoms with E-state index in [1.807, 2.05) is 44.4 Å². The summed E-state index contributed by atoms with van der Waals surface area (Å²) in [7, 11) is 4.04. The molecule has 22 heavy (non-hydrogen) atoms. The fourth-order valence-electron chi connectivity index (χ4n) is 2.38. The van der Waals surface area contributed by atoms with Gasteiger partial charge in [0.1, 0.15) is 17.9 Å². The van der Waals surface area contributed by atoms with Crippen molar-refractivity contribution in [3.63, 3.8) is 0 Å². The first-order valence-corrected chi connectivity index (χ1v) is 7.37. The van der Waals surface area contributed by atoms with Crippen LogP contribution in [0.5, 0.6) is 0 Å². The monoisotopic (exact) mass is 316 g/mol. The lowest BCUT2D eigenvalue weighted by molar-refractivity contribution is 0.269. The molecule has 1 N–H and O–H groups in total. The van der Waals surface area contributed by atoms with Crippen LogP contribution in [0.25, 0.3) is 10.9 Å². The number of rotatable bonds is 5. The number of anilines is 1. The second-order valence-electron chi connectivity index (χ2n) is 5.26. The summed E-state index contributed by atoms with van der Waals surface area (Å²) in [5, 5.41) is 4.99. The van der Waals surface area contributed by atoms with E-state index in [0.717, 1.165) is 22.5 Å². The average Bonchev–Trinajstić information content (AvgIpc) is 3.01. The number of hydrogen-bond donors (Lipinski definition) is 1. The largest absolute Gasteiger partial charge is 0.468 e. The van der Waals surface area contributed by atoms with E-state index in [4.69, 9.17) is 16.0 Å². The van der Waals surface area contributed by atoms with Crippen LogP contribution in [0.3, 0.4) is 0 Å². The summed E-state index contributed by atoms with van der Waals surface area (Å²) in [4.78, 5) is 10.7. The molecule has 114 valence electrons. The number of aromatic nitrogens is 2. The minimum absolute atomic E-state index is 0.118. The number of hydrogen-bond acceptors (Lipinski definition) is 5. The van der Waals surface area contributed by atoms with Crippen LogP contribution in [-0.4, -0.2) is 35.5 Å². The average molecular weight is 317 g/mol. The molecule has 1 aromatic carbocycles. The van der Waals surface area contributed by atoms with Crippen molar-refractivity contribution in [1.82, 2.24) is 14.9 Å². The summed E-state index contributed by atoms with van der Waals surface area (Å²) < 4.78 is 5.52. The van der Waals surface area contributed by atoms with Crippen molar-refractivity contribution < 1.29 is 4.42 Å². The Morgan fingerprint density at radius 3 is 2.86 bits per heavy atom. The normalized spacial score (nSPS) is 12.7. The van der Waals surface area contributed by atoms with Crippen LogP contribution in [0.4, 0.5) is 5.82 Å². The SMILES string of the molecule is CN(C)[C@@H](CNc1ncnc2cc(Cl)ccc12)c1ccco1. The Morgan fingerprint density at radius 1 is 1.27 bits per heavy atom. The number of furan rings is 1. The molecule has 0 aliphatic heterocycles. The highest BCUT2D eigenvalue weighted by atomic mass is 35.5. The zero-order chi connectivity index (χ0) is 15.5. The lowest BCUT2D eigenvalue weighted by atomic mass is 10.2. The summed E-state index contributed by atoms with van der Waals surface area (Å²) >= 11 is 6.01. The molecule has 0 radical (unpaired) electrons. The molecule has 3 aromatic rings. The first-order valence-electron chi connectivity index (χ1n) is 6.99. The molecule has 0 saturated heterocycles. The van der Waals surface area contributed by atoms with Gasteiger partial charge in [-0.25, -0.2) is 9.97 Å². The number of fused-ring (bicyclic) bond motifs is 1. The minimum Gasteiger partial charge on any atom is -0.468 e. The van der Waals surface area contributed by atoms with Crippen LogP contribution >= 0.6 is 11.6 Å². The summed E-state index contributed by atoms with van der Waals surface area (Å²) in [6, 6.07) is 9.59. The lowest BCUT2D eigenvalue weighted by Gasteiger charge is -2.23. The van der Waals surface area contributed by atoms with Gasteiger partial charge in [-0.15, -0.1) is 0 Å². The fraction of sp³-hybridized carbons (Fsp3) is 0.250. The van der Waals surface area contributed by atoms with Gasteiger partial charge in [-0.05, 0) is 44.4 Å². The predicted molar refractivity (Wildman–Crippen MR) is 88.2 cm³/mol. The number of benzene rings is 1. The van der Waals surface area contributed by atoms with Crippen molar-refractivity contribution in [2.75, 3.05) is 26.0 Å². The molecule has 6 heteroatoms. The zero-order valence-electron chi connectivity index (χ0n) is 12.5. The topological polar surface area (TPSA) is 54.2 Å². The lowest BCUT2D eigenvalue weighted by Crippen LogP contribution is -2.26. The van der Waals surface area contributed by atoms with Crippen molar-refractivity contribution >= 4 is 28.3 Å². The highest BCUT2D eigenvalue weighted by Crippen LogP contribution is 2.24. The van der Waals surface area contributed by atoms with E-state index in [1.54, 1.807) is 12.6 Å². The first-order chi connectivity index (χ1) is 10.6. The molecule has 0 aliphatic rings. The first kappa shape index (κ1) is 14.8. The molecule has 0 amide bonds. The van der Waals surface area contributed by atoms with E-state index in [0.29, 0.717) is 11.6 Å². The van der Waals surface area contributed by atoms with Crippen molar-refractivity contribution in [2.45, 2.75) is 6.04 Å². The van der Waals surface area contributed by atoms with Crippen LogP contribution in [0, 0.1) is 0 Å². The molecule has 0 unspecified atom stereocenters. The van der Waals surface area contributed by atoms with Gasteiger partial charge in [0.05, 0.1) is 17.8 Å². The maximum Gasteiger partial charge on any atom is 0.137 e. The second kappa shape index (κ2) is 6.34. The van der Waals surface area contributed by atoms with Crippen molar-refractivity contribution in [2.24, 2.45) is 0 Å². The van der Waals surface area contributed by atoms with Crippen LogP contribution in [0.15, 0.2) is 47.3 Å². The van der Waals surface area contributed by atoms with Crippen molar-refractivity contribution in [3.8, 4) is 0 Å². The van der Waals surface area contributed by atoms with Crippen molar-refractivity contribution in [3.05, 3.63) is 53.7 Å². The van der Waals surface area contributed by atoms with Crippen LogP contribution < -0.4 is 5.32 Å². The van der Waals surface area contributed by atoms with Gasteiger partial charge in [-0.2, -0.15) is 0 Å². The molecule has 0 aliphatic carbocycles. The molecular weight excluding hydrogens is 300 g/mol. The highest BCUT2D eigenvalue weighted by molar-refractivity contribution is 6.31. The Morgan fingerprint density at radius 2 is 2.14 bits per heavy atom. The molecule has 0 bridgehead atoms. The van der Waals surface area contributed by atoms with Gasteiger partial charge in [0.25, 0.3) is 0 Å². The number of halogens is 1. The smallest absolute Gasteiger partial charge is 0.137 e. The maximum absolute atomic E-state index is 6.01. The Hall–Kier alpha value is -2.11. The van der Waals surface area contributed by atoms with Gasteiger partial charge >= 0.3 is 0 Å². The summed E-state index contributed by atoms with van der Waals surface area (Å²) in [6.07, 6.45) is 3.23. The third kappa shape index (κ3) is 3.05. The molecule has 0 spiro atoms. The van der Waals surface area contributed by atoms with E-state index in [-0.39, 0.29) is 6.04 Å². The van der Waals surface area contributed by atoms with Gasteiger partial charge in [0, 0.05) is 17.0 Å². The van der Waals surface area contributed by atoms with E-state index in [9.17, 15) is 0 Å². The molecule has 0 fully saturated rings. The maximum atomic E-state index is 6.01. The van der Waals surface area contributed by atoms with Gasteiger partial charge < -0.3 is 9.73 Å². The van der Waals surface area contributed by atoms with Gasteiger partial charge in [-0.3, -0.25) is 4.90 Å². The molecule has 3 rings (SSSR count). The summed E-state index contributed by atoms with van der Waals surface area (Å²) in [6.45, 7) is 0.676. The fourth-order valence-corrected chi connectivity index (χ4v) is 2.55. The number of nitrogens with zero attached hydrogens (tertiary/aromatic N) is 3. The standard InChI is InChI=1S/C16H17ClN4O/c1-21(2)14(15-4-3-7-22-15)9-18-16-12-6-5-11(17)8-13(12)19-10-20-16/h3-8,10,14H,9H2,1-2H3,(H,18,19,20)/t14-/m0/s1. The van der Waals surface area contributed by atoms with E-state index < -0.39 is 0 Å². The van der Waals surface area contributed by atoms with Crippen LogP contribution in [0.2, 0.25) is 5.02 Å².